The second kappa shape index (κ2) is 11.2. The van der Waals surface area contributed by atoms with E-state index in [1.165, 1.54) is 12.1 Å². The molecule has 5 rings (SSSR count). The molecule has 2 saturated heterocycles. The van der Waals surface area contributed by atoms with Gasteiger partial charge in [0.15, 0.2) is 0 Å². The van der Waals surface area contributed by atoms with Crippen molar-refractivity contribution >= 4 is 23.4 Å². The van der Waals surface area contributed by atoms with Crippen LogP contribution >= 0.6 is 11.6 Å². The lowest BCUT2D eigenvalue weighted by Crippen LogP contribution is -2.48. The van der Waals surface area contributed by atoms with Gasteiger partial charge >= 0.3 is 0 Å². The maximum atomic E-state index is 14.9. The molecule has 3 fully saturated rings. The largest absolute Gasteiger partial charge is 0.341 e. The lowest BCUT2D eigenvalue weighted by molar-refractivity contribution is -0.141. The van der Waals surface area contributed by atoms with Gasteiger partial charge in [-0.1, -0.05) is 29.8 Å². The summed E-state index contributed by atoms with van der Waals surface area (Å²) < 4.78 is 28.6. The number of carbonyl (C=O) groups excluding carboxylic acids is 2. The average molecular weight is 558 g/mol. The van der Waals surface area contributed by atoms with Crippen LogP contribution in [0.3, 0.4) is 0 Å². The van der Waals surface area contributed by atoms with Crippen LogP contribution in [-0.4, -0.2) is 64.8 Å². The number of rotatable bonds is 4. The van der Waals surface area contributed by atoms with Crippen molar-refractivity contribution in [3.8, 4) is 0 Å². The van der Waals surface area contributed by atoms with Gasteiger partial charge in [-0.3, -0.25) is 14.5 Å². The zero-order valence-electron chi connectivity index (χ0n) is 23.0. The first-order valence-electron chi connectivity index (χ1n) is 14.1. The fourth-order valence-electron chi connectivity index (χ4n) is 6.16. The van der Waals surface area contributed by atoms with Gasteiger partial charge < -0.3 is 9.80 Å². The van der Waals surface area contributed by atoms with Gasteiger partial charge in [-0.15, -0.1) is 0 Å². The smallest absolute Gasteiger partial charge is 0.227 e. The number of amides is 2. The van der Waals surface area contributed by atoms with Gasteiger partial charge in [-0.25, -0.2) is 8.78 Å². The van der Waals surface area contributed by atoms with E-state index in [-0.39, 0.29) is 35.2 Å². The van der Waals surface area contributed by atoms with Crippen LogP contribution in [0.4, 0.5) is 8.78 Å². The Labute approximate surface area is 235 Å². The van der Waals surface area contributed by atoms with E-state index in [0.717, 1.165) is 37.3 Å². The van der Waals surface area contributed by atoms with Crippen LogP contribution in [0.5, 0.6) is 0 Å². The van der Waals surface area contributed by atoms with Gasteiger partial charge in [0, 0.05) is 61.2 Å². The Bertz CT molecular complexity index is 1210. The van der Waals surface area contributed by atoms with Crippen molar-refractivity contribution in [1.29, 1.82) is 0 Å². The number of halogens is 3. The SMILES string of the molecule is CC(C)(C)N1C[C@@H](C(=O)N2CCC[C@@H](c3ccc(Cl)cc3)N(C(=O)C3CC3)CC2)[C@H](c2ccc(F)cc2F)C1. The molecule has 2 amide bonds. The molecule has 0 N–H and O–H groups in total. The van der Waals surface area contributed by atoms with Crippen LogP contribution < -0.4 is 0 Å². The maximum Gasteiger partial charge on any atom is 0.227 e. The molecule has 39 heavy (non-hydrogen) atoms. The van der Waals surface area contributed by atoms with E-state index < -0.39 is 17.6 Å². The van der Waals surface area contributed by atoms with Gasteiger partial charge in [-0.05, 0) is 75.8 Å². The van der Waals surface area contributed by atoms with Crippen LogP contribution in [0.2, 0.25) is 5.02 Å². The highest BCUT2D eigenvalue weighted by Gasteiger charge is 2.45. The highest BCUT2D eigenvalue weighted by Crippen LogP contribution is 2.40. The quantitative estimate of drug-likeness (QED) is 0.461. The van der Waals surface area contributed by atoms with Crippen molar-refractivity contribution < 1.29 is 18.4 Å². The minimum absolute atomic E-state index is 0.0146. The van der Waals surface area contributed by atoms with Crippen molar-refractivity contribution in [3.63, 3.8) is 0 Å². The first-order valence-corrected chi connectivity index (χ1v) is 14.5. The third kappa shape index (κ3) is 6.14. The third-order valence-electron chi connectivity index (χ3n) is 8.62. The second-order valence-electron chi connectivity index (χ2n) is 12.3. The molecule has 5 nitrogen and oxygen atoms in total. The van der Waals surface area contributed by atoms with Crippen LogP contribution in [-0.2, 0) is 9.59 Å². The Morgan fingerprint density at radius 3 is 2.26 bits per heavy atom. The second-order valence-corrected chi connectivity index (χ2v) is 12.7. The molecule has 3 aliphatic rings. The van der Waals surface area contributed by atoms with Crippen molar-refractivity contribution in [2.45, 2.75) is 64.0 Å². The number of nitrogens with zero attached hydrogens (tertiary/aromatic N) is 3. The number of hydrogen-bond acceptors (Lipinski definition) is 3. The van der Waals surface area contributed by atoms with E-state index in [2.05, 4.69) is 25.7 Å². The summed E-state index contributed by atoms with van der Waals surface area (Å²) in [7, 11) is 0. The van der Waals surface area contributed by atoms with E-state index in [1.54, 1.807) is 0 Å². The molecule has 2 heterocycles. The monoisotopic (exact) mass is 557 g/mol. The van der Waals surface area contributed by atoms with Crippen molar-refractivity contribution in [1.82, 2.24) is 14.7 Å². The lowest BCUT2D eigenvalue weighted by atomic mass is 9.87. The molecule has 1 saturated carbocycles. The minimum Gasteiger partial charge on any atom is -0.341 e. The van der Waals surface area contributed by atoms with E-state index in [9.17, 15) is 18.4 Å². The predicted octanol–water partition coefficient (Wildman–Crippen LogP) is 6.03. The first kappa shape index (κ1) is 28.0. The van der Waals surface area contributed by atoms with Crippen LogP contribution in [0, 0.1) is 23.5 Å². The van der Waals surface area contributed by atoms with Gasteiger partial charge in [-0.2, -0.15) is 0 Å². The predicted molar refractivity (Wildman–Crippen MR) is 148 cm³/mol. The van der Waals surface area contributed by atoms with Gasteiger partial charge in [0.2, 0.25) is 11.8 Å². The van der Waals surface area contributed by atoms with E-state index in [0.29, 0.717) is 43.3 Å². The highest BCUT2D eigenvalue weighted by atomic mass is 35.5. The molecule has 0 radical (unpaired) electrons. The van der Waals surface area contributed by atoms with Crippen molar-refractivity contribution in [2.24, 2.45) is 11.8 Å². The molecule has 3 atom stereocenters. The average Bonchev–Trinajstić information content (AvgIpc) is 3.62. The Morgan fingerprint density at radius 1 is 0.897 bits per heavy atom. The zero-order chi connectivity index (χ0) is 27.9. The first-order chi connectivity index (χ1) is 18.5. The summed E-state index contributed by atoms with van der Waals surface area (Å²) in [5.41, 5.74) is 1.26. The van der Waals surface area contributed by atoms with E-state index in [4.69, 9.17) is 11.6 Å². The third-order valence-corrected chi connectivity index (χ3v) is 8.87. The highest BCUT2D eigenvalue weighted by molar-refractivity contribution is 6.30. The zero-order valence-corrected chi connectivity index (χ0v) is 23.8. The normalized spacial score (nSPS) is 24.9. The van der Waals surface area contributed by atoms with Gasteiger partial charge in [0.25, 0.3) is 0 Å². The standard InChI is InChI=1S/C31H38ClF2N3O2/c1-31(2,3)36-18-25(24-13-12-23(33)17-27(24)34)26(19-36)30(39)35-14-4-5-28(20-8-10-22(32)11-9-20)37(16-15-35)29(38)21-6-7-21/h8-13,17,21,25-26,28H,4-7,14-16,18-19H2,1-3H3/t25-,26+,28-/m0/s1. The fraction of sp³-hybridized carbons (Fsp3) is 0.548. The van der Waals surface area contributed by atoms with E-state index >= 15 is 0 Å². The molecule has 0 spiro atoms. The molecule has 2 aliphatic heterocycles. The Morgan fingerprint density at radius 2 is 1.62 bits per heavy atom. The molecule has 210 valence electrons. The molecule has 2 aromatic carbocycles. The number of carbonyl (C=O) groups is 2. The number of likely N-dealkylation sites (tertiary alicyclic amines) is 1. The summed E-state index contributed by atoms with van der Waals surface area (Å²) in [5, 5.41) is 0.662. The lowest BCUT2D eigenvalue weighted by Gasteiger charge is -2.38. The summed E-state index contributed by atoms with van der Waals surface area (Å²) in [6.45, 7) is 8.79. The molecule has 1 aliphatic carbocycles. The summed E-state index contributed by atoms with van der Waals surface area (Å²) in [6.07, 6.45) is 3.33. The molecule has 0 unspecified atom stereocenters. The van der Waals surface area contributed by atoms with E-state index in [1.807, 2.05) is 34.1 Å². The summed E-state index contributed by atoms with van der Waals surface area (Å²) in [5.74, 6) is -1.81. The molecular formula is C31H38ClF2N3O2. The summed E-state index contributed by atoms with van der Waals surface area (Å²) >= 11 is 6.13. The van der Waals surface area contributed by atoms with Crippen molar-refractivity contribution in [3.05, 3.63) is 70.2 Å². The van der Waals surface area contributed by atoms with Crippen molar-refractivity contribution in [2.75, 3.05) is 32.7 Å². The molecular weight excluding hydrogens is 520 g/mol. The van der Waals surface area contributed by atoms with Crippen LogP contribution in [0.25, 0.3) is 0 Å². The van der Waals surface area contributed by atoms with Gasteiger partial charge in [0.05, 0.1) is 12.0 Å². The van der Waals surface area contributed by atoms with Crippen LogP contribution in [0.15, 0.2) is 42.5 Å². The summed E-state index contributed by atoms with van der Waals surface area (Å²) in [4.78, 5) is 33.5. The number of benzene rings is 2. The topological polar surface area (TPSA) is 43.9 Å². The Balaban J connectivity index is 1.38. The maximum absolute atomic E-state index is 14.9. The summed E-state index contributed by atoms with van der Waals surface area (Å²) in [6, 6.07) is 11.3. The Kier molecular flexibility index (Phi) is 8.03. The minimum atomic E-state index is -0.621. The molecule has 2 aromatic rings. The Hall–Kier alpha value is -2.51. The molecule has 0 aromatic heterocycles. The number of hydrogen-bond donors (Lipinski definition) is 0. The van der Waals surface area contributed by atoms with Crippen LogP contribution in [0.1, 0.15) is 69.5 Å². The fourth-order valence-corrected chi connectivity index (χ4v) is 6.29. The van der Waals surface area contributed by atoms with Gasteiger partial charge in [0.1, 0.15) is 11.6 Å². The molecule has 8 heteroatoms. The molecule has 0 bridgehead atoms.